The molecule has 5 aliphatic rings. The highest BCUT2D eigenvalue weighted by Crippen LogP contribution is 2.73. The van der Waals surface area contributed by atoms with Crippen molar-refractivity contribution in [1.29, 1.82) is 0 Å². The van der Waals surface area contributed by atoms with Gasteiger partial charge in [0.25, 0.3) is 0 Å². The summed E-state index contributed by atoms with van der Waals surface area (Å²) < 4.78 is 0. The van der Waals surface area contributed by atoms with Crippen LogP contribution in [0.25, 0.3) is 0 Å². The van der Waals surface area contributed by atoms with E-state index in [9.17, 15) is 15.0 Å². The van der Waals surface area contributed by atoms with Gasteiger partial charge in [-0.2, -0.15) is 0 Å². The minimum Gasteiger partial charge on any atom is -0.505 e. The fraction of sp³-hybridized carbons (Fsp3) is 0.815. The second kappa shape index (κ2) is 6.24. The van der Waals surface area contributed by atoms with E-state index >= 15 is 0 Å². The van der Waals surface area contributed by atoms with Crippen molar-refractivity contribution >= 4 is 5.78 Å². The van der Waals surface area contributed by atoms with E-state index in [1.165, 1.54) is 19.3 Å². The van der Waals surface area contributed by atoms with E-state index in [0.717, 1.165) is 25.7 Å². The molecule has 0 aromatic rings. The second-order valence-corrected chi connectivity index (χ2v) is 12.7. The van der Waals surface area contributed by atoms with Crippen LogP contribution in [0.2, 0.25) is 0 Å². The Labute approximate surface area is 182 Å². The van der Waals surface area contributed by atoms with Crippen molar-refractivity contribution in [2.45, 2.75) is 92.1 Å². The molecule has 0 radical (unpaired) electrons. The van der Waals surface area contributed by atoms with Crippen molar-refractivity contribution in [3.8, 4) is 0 Å². The van der Waals surface area contributed by atoms with Crippen molar-refractivity contribution in [3.63, 3.8) is 0 Å². The molecule has 0 aliphatic heterocycles. The average Bonchev–Trinajstić information content (AvgIpc) is 3.15. The maximum atomic E-state index is 12.1. The summed E-state index contributed by atoms with van der Waals surface area (Å²) >= 11 is 0. The lowest BCUT2D eigenvalue weighted by molar-refractivity contribution is -0.131. The predicted molar refractivity (Wildman–Crippen MR) is 119 cm³/mol. The van der Waals surface area contributed by atoms with Crippen LogP contribution in [-0.2, 0) is 4.79 Å². The second-order valence-electron chi connectivity index (χ2n) is 12.7. The molecule has 0 saturated heterocycles. The summed E-state index contributed by atoms with van der Waals surface area (Å²) in [6.45, 7) is 12.1. The monoisotopic (exact) mass is 412 g/mol. The topological polar surface area (TPSA) is 57.5 Å². The lowest BCUT2D eigenvalue weighted by atomic mass is 9.41. The van der Waals surface area contributed by atoms with Gasteiger partial charge in [-0.3, -0.25) is 4.79 Å². The molecule has 0 spiro atoms. The molecule has 8 unspecified atom stereocenters. The Morgan fingerprint density at radius 1 is 1.00 bits per heavy atom. The number of carbonyl (C=O) groups excluding carboxylic acids is 1. The zero-order valence-corrected chi connectivity index (χ0v) is 19.5. The van der Waals surface area contributed by atoms with Gasteiger partial charge >= 0.3 is 0 Å². The normalized spacial score (nSPS) is 52.2. The van der Waals surface area contributed by atoms with Crippen molar-refractivity contribution in [2.75, 3.05) is 0 Å². The van der Waals surface area contributed by atoms with Crippen LogP contribution in [0.15, 0.2) is 23.5 Å². The molecule has 2 N–H and O–H groups in total. The molecular formula is C27H40O3. The number of Topliss-reactive ketones (excluding diaryl/α,β-unsaturated/α-hetero) is 1. The number of ketones is 1. The maximum absolute atomic E-state index is 12.1. The van der Waals surface area contributed by atoms with E-state index in [1.54, 1.807) is 5.57 Å². The summed E-state index contributed by atoms with van der Waals surface area (Å²) in [7, 11) is 0. The summed E-state index contributed by atoms with van der Waals surface area (Å²) in [5.41, 5.74) is 2.32. The first-order valence-corrected chi connectivity index (χ1v) is 12.3. The van der Waals surface area contributed by atoms with Crippen molar-refractivity contribution < 1.29 is 15.0 Å². The quantitative estimate of drug-likeness (QED) is 0.521. The van der Waals surface area contributed by atoms with E-state index < -0.39 is 0 Å². The molecule has 3 nitrogen and oxygen atoms in total. The molecular weight excluding hydrogens is 372 g/mol. The molecule has 8 atom stereocenters. The first-order valence-electron chi connectivity index (χ1n) is 12.3. The van der Waals surface area contributed by atoms with E-state index in [4.69, 9.17) is 0 Å². The largest absolute Gasteiger partial charge is 0.505 e. The number of rotatable bonds is 1. The van der Waals surface area contributed by atoms with E-state index in [0.29, 0.717) is 24.2 Å². The number of aliphatic hydroxyl groups excluding tert-OH is 2. The summed E-state index contributed by atoms with van der Waals surface area (Å²) in [5.74, 6) is 1.78. The Kier molecular flexibility index (Phi) is 4.33. The third-order valence-corrected chi connectivity index (χ3v) is 11.5. The molecule has 0 aromatic carbocycles. The zero-order valence-electron chi connectivity index (χ0n) is 19.5. The van der Waals surface area contributed by atoms with E-state index in [1.807, 2.05) is 6.08 Å². The summed E-state index contributed by atoms with van der Waals surface area (Å²) in [5, 5.41) is 20.7. The Morgan fingerprint density at radius 3 is 2.40 bits per heavy atom. The first kappa shape index (κ1) is 20.8. The van der Waals surface area contributed by atoms with Gasteiger partial charge in [-0.25, -0.2) is 0 Å². The summed E-state index contributed by atoms with van der Waals surface area (Å²) in [4.78, 5) is 12.1. The number of allylic oxidation sites excluding steroid dienone is 4. The van der Waals surface area contributed by atoms with Crippen LogP contribution in [0.5, 0.6) is 0 Å². The third kappa shape index (κ3) is 2.39. The Balaban J connectivity index is 1.52. The minimum atomic E-state index is -0.190. The predicted octanol–water partition coefficient (Wildman–Crippen LogP) is 5.98. The number of aliphatic hydroxyl groups is 2. The van der Waals surface area contributed by atoms with Crippen LogP contribution < -0.4 is 0 Å². The maximum Gasteiger partial charge on any atom is 0.197 e. The fourth-order valence-electron chi connectivity index (χ4n) is 9.36. The van der Waals surface area contributed by atoms with Gasteiger partial charge in [-0.15, -0.1) is 0 Å². The highest BCUT2D eigenvalue weighted by molar-refractivity contribution is 5.95. The standard InChI is InChI=1S/C27H40O3/c1-24(2)22-7-6-19-18(25(22,3)11-10-23(24)30)9-13-26(4)17(8-12-27(19,26)5)16-14-20(28)21(29)15-16/h6,14,16-18,22-23,28,30H,7-13,15H2,1-5H3. The molecule has 5 rings (SSSR count). The molecule has 3 heteroatoms. The van der Waals surface area contributed by atoms with Crippen molar-refractivity contribution in [1.82, 2.24) is 0 Å². The van der Waals surface area contributed by atoms with Gasteiger partial charge in [0.05, 0.1) is 6.10 Å². The lowest BCUT2D eigenvalue weighted by Gasteiger charge is -2.64. The van der Waals surface area contributed by atoms with Gasteiger partial charge < -0.3 is 10.2 Å². The molecule has 5 aliphatic carbocycles. The molecule has 30 heavy (non-hydrogen) atoms. The van der Waals surface area contributed by atoms with Gasteiger partial charge in [0.1, 0.15) is 0 Å². The summed E-state index contributed by atoms with van der Waals surface area (Å²) in [6.07, 6.45) is 12.7. The minimum absolute atomic E-state index is 0.00104. The first-order chi connectivity index (χ1) is 13.9. The Bertz CT molecular complexity index is 837. The molecule has 0 aromatic heterocycles. The summed E-state index contributed by atoms with van der Waals surface area (Å²) in [6, 6.07) is 0. The molecule has 0 bridgehead atoms. The van der Waals surface area contributed by atoms with Gasteiger partial charge in [-0.05, 0) is 96.4 Å². The number of hydrogen-bond donors (Lipinski definition) is 2. The van der Waals surface area contributed by atoms with Crippen LogP contribution in [0.4, 0.5) is 0 Å². The van der Waals surface area contributed by atoms with E-state index in [-0.39, 0.29) is 45.2 Å². The van der Waals surface area contributed by atoms with Gasteiger partial charge in [0, 0.05) is 6.42 Å². The van der Waals surface area contributed by atoms with Crippen molar-refractivity contribution in [2.24, 2.45) is 45.3 Å². The lowest BCUT2D eigenvalue weighted by Crippen LogP contribution is -2.58. The number of carbonyl (C=O) groups is 1. The molecule has 166 valence electrons. The molecule has 3 saturated carbocycles. The fourth-order valence-corrected chi connectivity index (χ4v) is 9.36. The Morgan fingerprint density at radius 2 is 1.73 bits per heavy atom. The highest BCUT2D eigenvalue weighted by Gasteiger charge is 2.65. The molecule has 0 heterocycles. The van der Waals surface area contributed by atoms with Crippen LogP contribution in [-0.4, -0.2) is 22.1 Å². The Hall–Kier alpha value is -1.09. The van der Waals surface area contributed by atoms with Crippen LogP contribution in [0.3, 0.4) is 0 Å². The van der Waals surface area contributed by atoms with Gasteiger partial charge in [0.15, 0.2) is 11.5 Å². The van der Waals surface area contributed by atoms with Crippen LogP contribution >= 0.6 is 0 Å². The number of fused-ring (bicyclic) bond motifs is 5. The van der Waals surface area contributed by atoms with Crippen LogP contribution in [0.1, 0.15) is 86.0 Å². The average molecular weight is 413 g/mol. The van der Waals surface area contributed by atoms with E-state index in [2.05, 4.69) is 40.7 Å². The van der Waals surface area contributed by atoms with Gasteiger partial charge in [-0.1, -0.05) is 46.3 Å². The van der Waals surface area contributed by atoms with Crippen LogP contribution in [0, 0.1) is 45.3 Å². The zero-order chi connectivity index (χ0) is 21.7. The van der Waals surface area contributed by atoms with Crippen molar-refractivity contribution in [3.05, 3.63) is 23.5 Å². The SMILES string of the molecule is CC1(C)C(O)CCC2(C)C3CCC4(C)C(C5C=C(O)C(=O)C5)CCC4(C)C3=CCC12. The molecule has 3 fully saturated rings. The highest BCUT2D eigenvalue weighted by atomic mass is 16.3. The third-order valence-electron chi connectivity index (χ3n) is 11.5. The smallest absolute Gasteiger partial charge is 0.197 e. The molecule has 0 amide bonds. The number of hydrogen-bond acceptors (Lipinski definition) is 3. The van der Waals surface area contributed by atoms with Gasteiger partial charge in [0.2, 0.25) is 0 Å².